The van der Waals surface area contributed by atoms with E-state index in [0.29, 0.717) is 31.5 Å². The number of oxime groups is 1. The van der Waals surface area contributed by atoms with Crippen LogP contribution < -0.4 is 4.74 Å². The summed E-state index contributed by atoms with van der Waals surface area (Å²) in [6.07, 6.45) is 2.45. The van der Waals surface area contributed by atoms with E-state index in [0.717, 1.165) is 24.3 Å². The normalized spacial score (nSPS) is 27.4. The van der Waals surface area contributed by atoms with Gasteiger partial charge in [-0.15, -0.1) is 0 Å². The van der Waals surface area contributed by atoms with E-state index in [1.807, 2.05) is 36.1 Å². The fraction of sp³-hybridized carbons (Fsp3) is 0.500. The van der Waals surface area contributed by atoms with Gasteiger partial charge in [0.1, 0.15) is 11.4 Å². The summed E-state index contributed by atoms with van der Waals surface area (Å²) < 4.78 is 6.24. The van der Waals surface area contributed by atoms with Gasteiger partial charge in [0, 0.05) is 37.9 Å². The van der Waals surface area contributed by atoms with Crippen molar-refractivity contribution in [3.05, 3.63) is 29.8 Å². The molecule has 1 unspecified atom stereocenters. The molecule has 0 radical (unpaired) electrons. The minimum absolute atomic E-state index is 0.180. The fourth-order valence-corrected chi connectivity index (χ4v) is 3.25. The Kier molecular flexibility index (Phi) is 3.57. The van der Waals surface area contributed by atoms with Crippen LogP contribution >= 0.6 is 0 Å². The molecular weight excluding hydrogens is 268 g/mol. The Balaban J connectivity index is 1.92. The van der Waals surface area contributed by atoms with Crippen molar-refractivity contribution in [1.29, 1.82) is 0 Å². The lowest BCUT2D eigenvalue weighted by atomic mass is 9.84. The van der Waals surface area contributed by atoms with E-state index in [1.54, 1.807) is 0 Å². The third-order valence-corrected chi connectivity index (χ3v) is 4.50. The number of fused-ring (bicyclic) bond motifs is 1. The first-order valence-corrected chi connectivity index (χ1v) is 7.44. The van der Waals surface area contributed by atoms with Crippen molar-refractivity contribution in [3.63, 3.8) is 0 Å². The molecule has 1 atom stereocenters. The summed E-state index contributed by atoms with van der Waals surface area (Å²) in [5, 5.41) is 12.8. The van der Waals surface area contributed by atoms with Crippen molar-refractivity contribution in [1.82, 2.24) is 4.90 Å². The summed E-state index contributed by atoms with van der Waals surface area (Å²) in [5.41, 5.74) is 1.05. The van der Waals surface area contributed by atoms with Gasteiger partial charge in [0.2, 0.25) is 5.91 Å². The number of rotatable bonds is 1. The van der Waals surface area contributed by atoms with Crippen molar-refractivity contribution < 1.29 is 14.7 Å². The van der Waals surface area contributed by atoms with E-state index in [4.69, 9.17) is 4.74 Å². The number of benzene rings is 1. The van der Waals surface area contributed by atoms with Crippen molar-refractivity contribution >= 4 is 11.6 Å². The van der Waals surface area contributed by atoms with Crippen LogP contribution in [0.3, 0.4) is 0 Å². The van der Waals surface area contributed by atoms with Gasteiger partial charge < -0.3 is 14.8 Å². The van der Waals surface area contributed by atoms with E-state index in [2.05, 4.69) is 5.16 Å². The van der Waals surface area contributed by atoms with Gasteiger partial charge >= 0.3 is 0 Å². The molecule has 2 heterocycles. The minimum atomic E-state index is -0.435. The number of hydrogen-bond acceptors (Lipinski definition) is 4. The van der Waals surface area contributed by atoms with Gasteiger partial charge in [0.25, 0.3) is 0 Å². The number of likely N-dealkylation sites (tertiary alicyclic amines) is 1. The number of carbonyl (C=O) groups excluding carboxylic acids is 1. The highest BCUT2D eigenvalue weighted by Gasteiger charge is 2.42. The standard InChI is InChI=1S/C16H20N2O3/c1-2-18-10-9-16(8-7-15(18)19)11-13(17-20)12-5-3-4-6-14(12)21-16/h3-6,20H,2,7-11H2,1H3. The third kappa shape index (κ3) is 2.48. The Hall–Kier alpha value is -2.04. The van der Waals surface area contributed by atoms with Crippen LogP contribution in [0.4, 0.5) is 0 Å². The monoisotopic (exact) mass is 288 g/mol. The van der Waals surface area contributed by atoms with Crippen molar-refractivity contribution in [2.75, 3.05) is 13.1 Å². The molecular formula is C16H20N2O3. The van der Waals surface area contributed by atoms with Crippen LogP contribution in [0.2, 0.25) is 0 Å². The molecule has 1 amide bonds. The Morgan fingerprint density at radius 1 is 1.38 bits per heavy atom. The molecule has 0 aliphatic carbocycles. The highest BCUT2D eigenvalue weighted by atomic mass is 16.5. The molecule has 0 bridgehead atoms. The number of ether oxygens (including phenoxy) is 1. The van der Waals surface area contributed by atoms with Crippen molar-refractivity contribution in [3.8, 4) is 5.75 Å². The largest absolute Gasteiger partial charge is 0.486 e. The van der Waals surface area contributed by atoms with Gasteiger partial charge in [-0.3, -0.25) is 4.79 Å². The van der Waals surface area contributed by atoms with Crippen LogP contribution in [0.15, 0.2) is 29.4 Å². The molecule has 1 fully saturated rings. The molecule has 0 aromatic heterocycles. The zero-order chi connectivity index (χ0) is 14.9. The molecule has 5 heteroatoms. The first-order chi connectivity index (χ1) is 10.2. The molecule has 21 heavy (non-hydrogen) atoms. The minimum Gasteiger partial charge on any atom is -0.486 e. The number of carbonyl (C=O) groups is 1. The maximum Gasteiger partial charge on any atom is 0.222 e. The maximum atomic E-state index is 12.1. The molecule has 1 aromatic carbocycles. The Labute approximate surface area is 124 Å². The van der Waals surface area contributed by atoms with Crippen LogP contribution in [0.5, 0.6) is 5.75 Å². The van der Waals surface area contributed by atoms with E-state index in [1.165, 1.54) is 0 Å². The first kappa shape index (κ1) is 13.9. The predicted molar refractivity (Wildman–Crippen MR) is 78.8 cm³/mol. The Bertz CT molecular complexity index is 585. The summed E-state index contributed by atoms with van der Waals surface area (Å²) >= 11 is 0. The van der Waals surface area contributed by atoms with Gasteiger partial charge in [-0.2, -0.15) is 0 Å². The molecule has 1 aromatic rings. The van der Waals surface area contributed by atoms with Crippen LogP contribution in [0.1, 0.15) is 38.2 Å². The quantitative estimate of drug-likeness (QED) is 0.637. The SMILES string of the molecule is CCN1CCC2(CCC1=O)CC(=NO)c1ccccc1O2. The zero-order valence-electron chi connectivity index (χ0n) is 12.2. The Morgan fingerprint density at radius 3 is 2.95 bits per heavy atom. The fourth-order valence-electron chi connectivity index (χ4n) is 3.25. The Morgan fingerprint density at radius 2 is 2.19 bits per heavy atom. The molecule has 1 spiro atoms. The van der Waals surface area contributed by atoms with Gasteiger partial charge in [-0.25, -0.2) is 0 Å². The predicted octanol–water partition coefficient (Wildman–Crippen LogP) is 2.42. The summed E-state index contributed by atoms with van der Waals surface area (Å²) in [6.45, 7) is 3.41. The topological polar surface area (TPSA) is 62.1 Å². The summed E-state index contributed by atoms with van der Waals surface area (Å²) in [6, 6.07) is 7.61. The summed E-state index contributed by atoms with van der Waals surface area (Å²) in [4.78, 5) is 13.9. The van der Waals surface area contributed by atoms with Crippen LogP contribution in [-0.2, 0) is 4.79 Å². The van der Waals surface area contributed by atoms with E-state index >= 15 is 0 Å². The average molecular weight is 288 g/mol. The molecule has 112 valence electrons. The van der Waals surface area contributed by atoms with Gasteiger partial charge in [-0.1, -0.05) is 17.3 Å². The first-order valence-electron chi connectivity index (χ1n) is 7.44. The van der Waals surface area contributed by atoms with E-state index in [-0.39, 0.29) is 5.91 Å². The molecule has 5 nitrogen and oxygen atoms in total. The molecule has 1 N–H and O–H groups in total. The average Bonchev–Trinajstić information content (AvgIpc) is 2.66. The smallest absolute Gasteiger partial charge is 0.222 e. The molecule has 2 aliphatic heterocycles. The van der Waals surface area contributed by atoms with Crippen molar-refractivity contribution in [2.45, 2.75) is 38.2 Å². The summed E-state index contributed by atoms with van der Waals surface area (Å²) in [5.74, 6) is 0.924. The van der Waals surface area contributed by atoms with E-state index < -0.39 is 5.60 Å². The lowest BCUT2D eigenvalue weighted by Gasteiger charge is -2.38. The third-order valence-electron chi connectivity index (χ3n) is 4.50. The summed E-state index contributed by atoms with van der Waals surface area (Å²) in [7, 11) is 0. The molecule has 1 saturated heterocycles. The van der Waals surface area contributed by atoms with Crippen LogP contribution in [-0.4, -0.2) is 40.4 Å². The lowest BCUT2D eigenvalue weighted by molar-refractivity contribution is -0.130. The number of amides is 1. The highest BCUT2D eigenvalue weighted by molar-refractivity contribution is 6.04. The van der Waals surface area contributed by atoms with Crippen molar-refractivity contribution in [2.24, 2.45) is 5.16 Å². The lowest BCUT2D eigenvalue weighted by Crippen LogP contribution is -2.43. The number of hydrogen-bond donors (Lipinski definition) is 1. The number of para-hydroxylation sites is 1. The second-order valence-corrected chi connectivity index (χ2v) is 5.73. The molecule has 3 rings (SSSR count). The molecule has 0 saturated carbocycles. The molecule has 2 aliphatic rings. The van der Waals surface area contributed by atoms with Crippen LogP contribution in [0.25, 0.3) is 0 Å². The second kappa shape index (κ2) is 5.39. The van der Waals surface area contributed by atoms with Gasteiger partial charge in [-0.05, 0) is 25.5 Å². The highest BCUT2D eigenvalue weighted by Crippen LogP contribution is 2.39. The van der Waals surface area contributed by atoms with E-state index in [9.17, 15) is 10.0 Å². The van der Waals surface area contributed by atoms with Crippen LogP contribution in [0, 0.1) is 0 Å². The zero-order valence-corrected chi connectivity index (χ0v) is 12.2. The van der Waals surface area contributed by atoms with Gasteiger partial charge in [0.05, 0.1) is 5.71 Å². The number of nitrogens with zero attached hydrogens (tertiary/aromatic N) is 2. The maximum absolute atomic E-state index is 12.1. The second-order valence-electron chi connectivity index (χ2n) is 5.73. The van der Waals surface area contributed by atoms with Gasteiger partial charge in [0.15, 0.2) is 0 Å².